The maximum absolute atomic E-state index is 9.79. The van der Waals surface area contributed by atoms with Gasteiger partial charge in [0.15, 0.2) is 0 Å². The van der Waals surface area contributed by atoms with Crippen LogP contribution in [0.15, 0.2) is 0 Å². The summed E-state index contributed by atoms with van der Waals surface area (Å²) >= 11 is 0. The molecule has 0 atom stereocenters. The van der Waals surface area contributed by atoms with Gasteiger partial charge in [0.1, 0.15) is 0 Å². The first-order chi connectivity index (χ1) is 3.06. The molecule has 1 N–H and O–H groups in total. The van der Waals surface area contributed by atoms with Gasteiger partial charge in [0.05, 0.1) is 5.75 Å². The third kappa shape index (κ3) is 9.84. The first kappa shape index (κ1) is 11.5. The fourth-order valence-corrected chi connectivity index (χ4v) is 0.774. The van der Waals surface area contributed by atoms with Crippen LogP contribution in [0.5, 0.6) is 0 Å². The molecule has 0 heterocycles. The van der Waals surface area contributed by atoms with Crippen LogP contribution in [0.2, 0.25) is 0 Å². The molecule has 0 bridgehead atoms. The Balaban J connectivity index is 0. The Morgan fingerprint density at radius 2 is 1.88 bits per heavy atom. The summed E-state index contributed by atoms with van der Waals surface area (Å²) in [5.41, 5.74) is 0. The van der Waals surface area contributed by atoms with Gasteiger partial charge in [-0.1, -0.05) is 6.92 Å². The Morgan fingerprint density at radius 1 is 1.50 bits per heavy atom. The van der Waals surface area contributed by atoms with Gasteiger partial charge in [-0.05, 0) is 6.42 Å². The molecule has 2 radical (unpaired) electrons. The first-order valence-electron chi connectivity index (χ1n) is 2.01. The second-order valence-corrected chi connectivity index (χ2v) is 2.86. The topological polar surface area (TPSA) is 54.4 Å². The number of hydrogen-bond donors (Lipinski definition) is 1. The van der Waals surface area contributed by atoms with E-state index in [9.17, 15) is 8.42 Å². The van der Waals surface area contributed by atoms with Crippen LogP contribution < -0.4 is 0 Å². The second-order valence-electron chi connectivity index (χ2n) is 1.29. The van der Waals surface area contributed by atoms with E-state index in [0.717, 1.165) is 0 Å². The van der Waals surface area contributed by atoms with E-state index in [4.69, 9.17) is 4.55 Å². The van der Waals surface area contributed by atoms with Crippen molar-refractivity contribution in [2.24, 2.45) is 0 Å². The smallest absolute Gasteiger partial charge is 0.264 e. The van der Waals surface area contributed by atoms with Crippen LogP contribution in [-0.4, -0.2) is 41.8 Å². The SMILES string of the molecule is CCCS(=O)(=O)O.[Mg]. The summed E-state index contributed by atoms with van der Waals surface area (Å²) in [6, 6.07) is 0. The van der Waals surface area contributed by atoms with E-state index in [0.29, 0.717) is 6.42 Å². The highest BCUT2D eigenvalue weighted by Crippen LogP contribution is 1.83. The van der Waals surface area contributed by atoms with Crippen LogP contribution in [0.3, 0.4) is 0 Å². The van der Waals surface area contributed by atoms with Crippen molar-refractivity contribution in [3.8, 4) is 0 Å². The second kappa shape index (κ2) is 4.55. The zero-order valence-corrected chi connectivity index (χ0v) is 7.02. The van der Waals surface area contributed by atoms with Crippen LogP contribution in [-0.2, 0) is 10.1 Å². The Kier molecular flexibility index (Phi) is 6.52. The molecule has 8 heavy (non-hydrogen) atoms. The van der Waals surface area contributed by atoms with Gasteiger partial charge in [0, 0.05) is 23.1 Å². The van der Waals surface area contributed by atoms with Gasteiger partial charge in [-0.25, -0.2) is 0 Å². The van der Waals surface area contributed by atoms with Crippen LogP contribution >= 0.6 is 0 Å². The molecular formula is C3H8MgO3S. The van der Waals surface area contributed by atoms with E-state index in [1.54, 1.807) is 6.92 Å². The summed E-state index contributed by atoms with van der Waals surface area (Å²) in [5, 5.41) is 0. The third-order valence-corrected chi connectivity index (χ3v) is 1.39. The molecule has 5 heteroatoms. The Bertz CT molecular complexity index is 127. The molecule has 0 amide bonds. The van der Waals surface area contributed by atoms with Crippen LogP contribution in [0.25, 0.3) is 0 Å². The van der Waals surface area contributed by atoms with E-state index in [1.165, 1.54) is 0 Å². The predicted molar refractivity (Wildman–Crippen MR) is 32.5 cm³/mol. The van der Waals surface area contributed by atoms with Gasteiger partial charge in [-0.3, -0.25) is 4.55 Å². The first-order valence-corrected chi connectivity index (χ1v) is 3.62. The molecule has 0 aliphatic carbocycles. The minimum absolute atomic E-state index is 0. The molecule has 0 aliphatic rings. The maximum atomic E-state index is 9.79. The highest BCUT2D eigenvalue weighted by Gasteiger charge is 1.98. The van der Waals surface area contributed by atoms with Gasteiger partial charge in [0.2, 0.25) is 0 Å². The number of rotatable bonds is 2. The van der Waals surface area contributed by atoms with Crippen LogP contribution in [0, 0.1) is 0 Å². The predicted octanol–water partition coefficient (Wildman–Crippen LogP) is -0.0966. The molecular weight excluding hydrogens is 140 g/mol. The molecule has 0 aromatic rings. The van der Waals surface area contributed by atoms with Crippen molar-refractivity contribution in [3.05, 3.63) is 0 Å². The molecule has 0 unspecified atom stereocenters. The van der Waals surface area contributed by atoms with E-state index in [-0.39, 0.29) is 28.8 Å². The van der Waals surface area contributed by atoms with E-state index in [1.807, 2.05) is 0 Å². The summed E-state index contributed by atoms with van der Waals surface area (Å²) in [6.45, 7) is 1.69. The largest absolute Gasteiger partial charge is 0.286 e. The highest BCUT2D eigenvalue weighted by molar-refractivity contribution is 7.85. The Hall–Kier alpha value is 0.676. The molecule has 46 valence electrons. The normalized spacial score (nSPS) is 10.2. The molecule has 0 aromatic carbocycles. The summed E-state index contributed by atoms with van der Waals surface area (Å²) in [4.78, 5) is 0. The molecule has 3 nitrogen and oxygen atoms in total. The van der Waals surface area contributed by atoms with Crippen molar-refractivity contribution in [1.29, 1.82) is 0 Å². The third-order valence-electron chi connectivity index (χ3n) is 0.462. The summed E-state index contributed by atoms with van der Waals surface area (Å²) in [7, 11) is -3.67. The Labute approximate surface area is 65.4 Å². The zero-order valence-electron chi connectivity index (χ0n) is 4.79. The van der Waals surface area contributed by atoms with E-state index >= 15 is 0 Å². The van der Waals surface area contributed by atoms with Crippen molar-refractivity contribution >= 4 is 33.2 Å². The van der Waals surface area contributed by atoms with Crippen LogP contribution in [0.4, 0.5) is 0 Å². The molecule has 0 rings (SSSR count). The van der Waals surface area contributed by atoms with E-state index < -0.39 is 10.1 Å². The maximum Gasteiger partial charge on any atom is 0.264 e. The van der Waals surface area contributed by atoms with Crippen molar-refractivity contribution in [2.45, 2.75) is 13.3 Å². The molecule has 0 aromatic heterocycles. The van der Waals surface area contributed by atoms with Crippen molar-refractivity contribution in [2.75, 3.05) is 5.75 Å². The van der Waals surface area contributed by atoms with Crippen LogP contribution in [0.1, 0.15) is 13.3 Å². The lowest BCUT2D eigenvalue weighted by atomic mass is 10.6. The van der Waals surface area contributed by atoms with Gasteiger partial charge in [0.25, 0.3) is 10.1 Å². The lowest BCUT2D eigenvalue weighted by molar-refractivity contribution is 0.482. The van der Waals surface area contributed by atoms with Crippen molar-refractivity contribution < 1.29 is 13.0 Å². The summed E-state index contributed by atoms with van der Waals surface area (Å²) in [5.74, 6) is -0.132. The molecule has 0 saturated carbocycles. The summed E-state index contributed by atoms with van der Waals surface area (Å²) < 4.78 is 27.6. The Morgan fingerprint density at radius 3 is 1.88 bits per heavy atom. The molecule has 0 spiro atoms. The lowest BCUT2D eigenvalue weighted by Gasteiger charge is -1.85. The fourth-order valence-electron chi connectivity index (χ4n) is 0.258. The van der Waals surface area contributed by atoms with Crippen molar-refractivity contribution in [3.63, 3.8) is 0 Å². The average molecular weight is 148 g/mol. The van der Waals surface area contributed by atoms with Gasteiger partial charge >= 0.3 is 0 Å². The summed E-state index contributed by atoms with van der Waals surface area (Å²) in [6.07, 6.45) is 0.471. The zero-order chi connectivity index (χ0) is 5.91. The average Bonchev–Trinajstić information content (AvgIpc) is 1.30. The van der Waals surface area contributed by atoms with E-state index in [2.05, 4.69) is 0 Å². The highest BCUT2D eigenvalue weighted by atomic mass is 32.2. The molecule has 0 fully saturated rings. The van der Waals surface area contributed by atoms with Gasteiger partial charge < -0.3 is 0 Å². The monoisotopic (exact) mass is 148 g/mol. The number of hydrogen-bond acceptors (Lipinski definition) is 2. The standard InChI is InChI=1S/C3H8O3S.Mg/c1-2-3-7(4,5)6;/h2-3H2,1H3,(H,4,5,6);. The molecule has 0 saturated heterocycles. The minimum Gasteiger partial charge on any atom is -0.286 e. The minimum atomic E-state index is -3.67. The molecule has 0 aliphatic heterocycles. The van der Waals surface area contributed by atoms with Crippen molar-refractivity contribution in [1.82, 2.24) is 0 Å². The van der Waals surface area contributed by atoms with Gasteiger partial charge in [-0.2, -0.15) is 8.42 Å². The lowest BCUT2D eigenvalue weighted by Crippen LogP contribution is -2.01. The van der Waals surface area contributed by atoms with Gasteiger partial charge in [-0.15, -0.1) is 0 Å². The quantitative estimate of drug-likeness (QED) is 0.440. The fraction of sp³-hybridized carbons (Fsp3) is 1.00.